The van der Waals surface area contributed by atoms with Gasteiger partial charge >= 0.3 is 5.88 Å². The van der Waals surface area contributed by atoms with Gasteiger partial charge in [-0.05, 0) is 48.7 Å². The Morgan fingerprint density at radius 2 is 1.90 bits per heavy atom. The Kier molecular flexibility index (Phi) is 3.76. The summed E-state index contributed by atoms with van der Waals surface area (Å²) in [5.41, 5.74) is 2.36. The molecule has 0 bridgehead atoms. The predicted octanol–water partition coefficient (Wildman–Crippen LogP) is 2.89. The van der Waals surface area contributed by atoms with E-state index in [0.717, 1.165) is 16.9 Å². The van der Waals surface area contributed by atoms with Crippen LogP contribution in [0.4, 0.5) is 5.88 Å². The van der Waals surface area contributed by atoms with Crippen LogP contribution < -0.4 is 4.74 Å². The van der Waals surface area contributed by atoms with Crippen LogP contribution in [0, 0.1) is 24.0 Å². The minimum atomic E-state index is -1.05. The predicted molar refractivity (Wildman–Crippen MR) is 71.9 cm³/mol. The summed E-state index contributed by atoms with van der Waals surface area (Å²) in [6, 6.07) is 6.16. The molecule has 0 saturated carbocycles. The maximum atomic E-state index is 10.6. The van der Waals surface area contributed by atoms with Gasteiger partial charge in [0.15, 0.2) is 0 Å². The van der Waals surface area contributed by atoms with Gasteiger partial charge in [-0.15, -0.1) is 0 Å². The van der Waals surface area contributed by atoms with E-state index in [2.05, 4.69) is 0 Å². The van der Waals surface area contributed by atoms with Crippen LogP contribution in [0.25, 0.3) is 0 Å². The van der Waals surface area contributed by atoms with Crippen LogP contribution in [0.1, 0.15) is 28.6 Å². The highest BCUT2D eigenvalue weighted by atomic mass is 16.6. The van der Waals surface area contributed by atoms with Crippen molar-refractivity contribution >= 4 is 5.88 Å². The highest BCUT2D eigenvalue weighted by Gasteiger charge is 2.20. The molecule has 0 spiro atoms. The normalized spacial score (nSPS) is 12.2. The zero-order chi connectivity index (χ0) is 14.9. The molecule has 6 heteroatoms. The van der Waals surface area contributed by atoms with Gasteiger partial charge in [0, 0.05) is 0 Å². The van der Waals surface area contributed by atoms with Gasteiger partial charge in [-0.2, -0.15) is 0 Å². The Balaban J connectivity index is 2.37. The quantitative estimate of drug-likeness (QED) is 0.686. The van der Waals surface area contributed by atoms with E-state index in [9.17, 15) is 15.2 Å². The number of methoxy groups -OCH3 is 1. The van der Waals surface area contributed by atoms with Crippen LogP contribution >= 0.6 is 0 Å². The first-order valence-electron chi connectivity index (χ1n) is 6.01. The molecule has 2 rings (SSSR count). The second kappa shape index (κ2) is 5.34. The molecule has 1 N–H and O–H groups in total. The van der Waals surface area contributed by atoms with Crippen molar-refractivity contribution in [2.24, 2.45) is 0 Å². The molecule has 1 aromatic carbocycles. The molecule has 1 aromatic heterocycles. The van der Waals surface area contributed by atoms with E-state index in [-0.39, 0.29) is 11.6 Å². The molecule has 0 aliphatic carbocycles. The van der Waals surface area contributed by atoms with Crippen molar-refractivity contribution in [3.63, 3.8) is 0 Å². The van der Waals surface area contributed by atoms with E-state index in [1.165, 1.54) is 12.1 Å². The summed E-state index contributed by atoms with van der Waals surface area (Å²) in [6.45, 7) is 3.74. The minimum absolute atomic E-state index is 0.140. The molecule has 2 aromatic rings. The molecule has 0 aliphatic rings. The second-order valence-electron chi connectivity index (χ2n) is 4.52. The first-order valence-corrected chi connectivity index (χ1v) is 6.01. The summed E-state index contributed by atoms with van der Waals surface area (Å²) in [5, 5.41) is 20.8. The van der Waals surface area contributed by atoms with Crippen molar-refractivity contribution in [3.05, 3.63) is 56.8 Å². The molecular weight excluding hydrogens is 262 g/mol. The number of ether oxygens (including phenoxy) is 1. The van der Waals surface area contributed by atoms with E-state index in [1.54, 1.807) is 19.2 Å². The average molecular weight is 277 g/mol. The van der Waals surface area contributed by atoms with Crippen molar-refractivity contribution in [2.75, 3.05) is 7.11 Å². The summed E-state index contributed by atoms with van der Waals surface area (Å²) in [6.07, 6.45) is -1.05. The van der Waals surface area contributed by atoms with Crippen LogP contribution in [0.2, 0.25) is 0 Å². The van der Waals surface area contributed by atoms with E-state index in [1.807, 2.05) is 13.8 Å². The molecule has 20 heavy (non-hydrogen) atoms. The van der Waals surface area contributed by atoms with Crippen LogP contribution in [0.3, 0.4) is 0 Å². The molecule has 1 heterocycles. The number of rotatable bonds is 4. The molecule has 0 radical (unpaired) electrons. The molecule has 0 saturated heterocycles. The fourth-order valence-corrected chi connectivity index (χ4v) is 2.22. The Morgan fingerprint density at radius 1 is 1.30 bits per heavy atom. The summed E-state index contributed by atoms with van der Waals surface area (Å²) < 4.78 is 10.3. The van der Waals surface area contributed by atoms with Gasteiger partial charge in [-0.25, -0.2) is 0 Å². The van der Waals surface area contributed by atoms with E-state index < -0.39 is 11.0 Å². The first-order chi connectivity index (χ1) is 9.43. The molecule has 0 aliphatic heterocycles. The number of hydrogen-bond donors (Lipinski definition) is 1. The van der Waals surface area contributed by atoms with Crippen LogP contribution in [0.15, 0.2) is 28.7 Å². The van der Waals surface area contributed by atoms with Gasteiger partial charge < -0.3 is 14.3 Å². The van der Waals surface area contributed by atoms with Crippen molar-refractivity contribution in [2.45, 2.75) is 20.0 Å². The highest BCUT2D eigenvalue weighted by Crippen LogP contribution is 2.31. The number of aryl methyl sites for hydroxylation is 2. The van der Waals surface area contributed by atoms with Crippen LogP contribution in [-0.4, -0.2) is 17.1 Å². The largest absolute Gasteiger partial charge is 0.496 e. The number of furan rings is 1. The molecule has 0 fully saturated rings. The van der Waals surface area contributed by atoms with Crippen molar-refractivity contribution in [1.29, 1.82) is 0 Å². The molecule has 1 atom stereocenters. The Labute approximate surface area is 115 Å². The lowest BCUT2D eigenvalue weighted by molar-refractivity contribution is -0.402. The van der Waals surface area contributed by atoms with Gasteiger partial charge in [0.2, 0.25) is 0 Å². The smallest absolute Gasteiger partial charge is 0.433 e. The summed E-state index contributed by atoms with van der Waals surface area (Å²) in [4.78, 5) is 9.94. The number of aliphatic hydroxyl groups excluding tert-OH is 1. The van der Waals surface area contributed by atoms with Crippen LogP contribution in [-0.2, 0) is 0 Å². The Bertz CT molecular complexity index is 624. The van der Waals surface area contributed by atoms with Gasteiger partial charge in [-0.3, -0.25) is 10.1 Å². The lowest BCUT2D eigenvalue weighted by Gasteiger charge is -2.14. The molecule has 106 valence electrons. The second-order valence-corrected chi connectivity index (χ2v) is 4.52. The molecule has 6 nitrogen and oxygen atoms in total. The zero-order valence-corrected chi connectivity index (χ0v) is 11.4. The molecular formula is C14H15NO5. The lowest BCUT2D eigenvalue weighted by atomic mass is 10.0. The van der Waals surface area contributed by atoms with Crippen molar-refractivity contribution < 1.29 is 19.2 Å². The van der Waals surface area contributed by atoms with E-state index in [0.29, 0.717) is 5.56 Å². The van der Waals surface area contributed by atoms with Gasteiger partial charge in [-0.1, -0.05) is 0 Å². The van der Waals surface area contributed by atoms with E-state index in [4.69, 9.17) is 9.15 Å². The number of aliphatic hydroxyl groups is 1. The maximum Gasteiger partial charge on any atom is 0.433 e. The Morgan fingerprint density at radius 3 is 2.35 bits per heavy atom. The van der Waals surface area contributed by atoms with Crippen molar-refractivity contribution in [3.8, 4) is 5.75 Å². The fourth-order valence-electron chi connectivity index (χ4n) is 2.22. The molecule has 1 unspecified atom stereocenters. The summed E-state index contributed by atoms with van der Waals surface area (Å²) in [5.74, 6) is 0.507. The zero-order valence-electron chi connectivity index (χ0n) is 11.4. The SMILES string of the molecule is COc1c(C)cc(C(O)c2ccc([N+](=O)[O-])o2)cc1C. The number of nitrogens with zero attached hydrogens (tertiary/aromatic N) is 1. The topological polar surface area (TPSA) is 85.7 Å². The van der Waals surface area contributed by atoms with Gasteiger partial charge in [0.25, 0.3) is 0 Å². The average Bonchev–Trinajstić information content (AvgIpc) is 2.87. The lowest BCUT2D eigenvalue weighted by Crippen LogP contribution is -2.01. The standard InChI is InChI=1S/C14H15NO5/c1-8-6-10(7-9(2)14(8)19-3)13(16)11-4-5-12(20-11)15(17)18/h4-7,13,16H,1-3H3. The van der Waals surface area contributed by atoms with Gasteiger partial charge in [0.05, 0.1) is 13.2 Å². The minimum Gasteiger partial charge on any atom is -0.496 e. The summed E-state index contributed by atoms with van der Waals surface area (Å²) in [7, 11) is 1.58. The third kappa shape index (κ3) is 2.50. The van der Waals surface area contributed by atoms with E-state index >= 15 is 0 Å². The fraction of sp³-hybridized carbons (Fsp3) is 0.286. The monoisotopic (exact) mass is 277 g/mol. The van der Waals surface area contributed by atoms with Crippen LogP contribution in [0.5, 0.6) is 5.75 Å². The van der Waals surface area contributed by atoms with Crippen molar-refractivity contribution in [1.82, 2.24) is 0 Å². The molecule has 0 amide bonds. The number of nitro groups is 1. The highest BCUT2D eigenvalue weighted by molar-refractivity contribution is 5.45. The Hall–Kier alpha value is -2.34. The third-order valence-electron chi connectivity index (χ3n) is 3.06. The number of benzene rings is 1. The summed E-state index contributed by atoms with van der Waals surface area (Å²) >= 11 is 0. The maximum absolute atomic E-state index is 10.6. The first kappa shape index (κ1) is 14.1. The number of hydrogen-bond acceptors (Lipinski definition) is 5. The third-order valence-corrected chi connectivity index (χ3v) is 3.06. The van der Waals surface area contributed by atoms with Gasteiger partial charge in [0.1, 0.15) is 22.5 Å².